The first-order valence-electron chi connectivity index (χ1n) is 11.4. The SMILES string of the molecule is Cc1ccc2c3c1O[C@@H]1[C@]34CCN(CC3CC3)[C@H]([C@@H]2O)[C@]4(O)CC[C@]12NC(=O)NC2=O. The average Bonchev–Trinajstić information content (AvgIpc) is 3.39. The number of aliphatic hydroxyl groups excluding tert-OH is 1. The minimum atomic E-state index is -1.24. The lowest BCUT2D eigenvalue weighted by Gasteiger charge is -2.66. The Morgan fingerprint density at radius 3 is 2.74 bits per heavy atom. The number of imide groups is 1. The first-order chi connectivity index (χ1) is 14.8. The predicted molar refractivity (Wildman–Crippen MR) is 109 cm³/mol. The van der Waals surface area contributed by atoms with Crippen LogP contribution in [0.3, 0.4) is 0 Å². The normalized spacial score (nSPS) is 44.7. The third kappa shape index (κ3) is 1.90. The van der Waals surface area contributed by atoms with Crippen molar-refractivity contribution in [3.8, 4) is 5.75 Å². The number of likely N-dealkylation sites (tertiary alicyclic amines) is 1. The van der Waals surface area contributed by atoms with E-state index in [0.29, 0.717) is 24.5 Å². The van der Waals surface area contributed by atoms with Gasteiger partial charge in [-0.2, -0.15) is 0 Å². The van der Waals surface area contributed by atoms with Gasteiger partial charge < -0.3 is 20.3 Å². The van der Waals surface area contributed by atoms with Crippen LogP contribution >= 0.6 is 0 Å². The zero-order valence-corrected chi connectivity index (χ0v) is 17.5. The van der Waals surface area contributed by atoms with Gasteiger partial charge in [0, 0.05) is 12.1 Å². The van der Waals surface area contributed by atoms with Crippen LogP contribution in [0, 0.1) is 12.8 Å². The summed E-state index contributed by atoms with van der Waals surface area (Å²) in [6.45, 7) is 3.55. The van der Waals surface area contributed by atoms with Gasteiger partial charge in [0.05, 0.1) is 23.2 Å². The van der Waals surface area contributed by atoms with Crippen molar-refractivity contribution in [1.29, 1.82) is 0 Å². The molecule has 164 valence electrons. The van der Waals surface area contributed by atoms with E-state index < -0.39 is 40.8 Å². The number of aryl methyl sites for hydroxylation is 1. The summed E-state index contributed by atoms with van der Waals surface area (Å²) < 4.78 is 6.54. The Morgan fingerprint density at radius 2 is 2.03 bits per heavy atom. The molecule has 0 aromatic heterocycles. The number of urea groups is 1. The van der Waals surface area contributed by atoms with Gasteiger partial charge in [-0.15, -0.1) is 0 Å². The molecule has 4 N–H and O–H groups in total. The Balaban J connectivity index is 1.48. The van der Waals surface area contributed by atoms with Gasteiger partial charge >= 0.3 is 6.03 Å². The number of fused-ring (bicyclic) bond motifs is 1. The van der Waals surface area contributed by atoms with Gasteiger partial charge in [0.2, 0.25) is 0 Å². The van der Waals surface area contributed by atoms with Crippen molar-refractivity contribution < 1.29 is 24.5 Å². The first-order valence-corrected chi connectivity index (χ1v) is 11.4. The van der Waals surface area contributed by atoms with Crippen LogP contribution in [0.5, 0.6) is 5.75 Å². The number of nitrogens with one attached hydrogen (secondary N) is 2. The molecule has 2 saturated heterocycles. The van der Waals surface area contributed by atoms with Crippen molar-refractivity contribution in [2.75, 3.05) is 13.1 Å². The zero-order valence-electron chi connectivity index (χ0n) is 17.5. The third-order valence-corrected chi connectivity index (χ3v) is 9.09. The smallest absolute Gasteiger partial charge is 0.322 e. The van der Waals surface area contributed by atoms with Crippen LogP contribution in [-0.2, 0) is 10.2 Å². The molecule has 2 saturated carbocycles. The Bertz CT molecular complexity index is 1060. The maximum Gasteiger partial charge on any atom is 0.322 e. The number of piperidine rings is 1. The van der Waals surface area contributed by atoms with Gasteiger partial charge in [-0.25, -0.2) is 4.79 Å². The van der Waals surface area contributed by atoms with Crippen molar-refractivity contribution in [1.82, 2.24) is 15.5 Å². The van der Waals surface area contributed by atoms with Crippen molar-refractivity contribution in [3.05, 3.63) is 28.8 Å². The predicted octanol–water partition coefficient (Wildman–Crippen LogP) is 0.628. The summed E-state index contributed by atoms with van der Waals surface area (Å²) in [5, 5.41) is 29.3. The summed E-state index contributed by atoms with van der Waals surface area (Å²) in [5.41, 5.74) is -0.744. The summed E-state index contributed by atoms with van der Waals surface area (Å²) in [6.07, 6.45) is 2.08. The fourth-order valence-electron chi connectivity index (χ4n) is 7.60. The summed E-state index contributed by atoms with van der Waals surface area (Å²) in [7, 11) is 0. The molecule has 2 bridgehead atoms. The Hall–Kier alpha value is -2.16. The molecule has 8 nitrogen and oxygen atoms in total. The van der Waals surface area contributed by atoms with Crippen LogP contribution in [0.4, 0.5) is 4.79 Å². The van der Waals surface area contributed by atoms with Crippen molar-refractivity contribution in [2.24, 2.45) is 5.92 Å². The minimum absolute atomic E-state index is 0.274. The molecular formula is C23H27N3O5. The number of ether oxygens (including phenoxy) is 1. The van der Waals surface area contributed by atoms with Crippen molar-refractivity contribution in [3.63, 3.8) is 0 Å². The highest BCUT2D eigenvalue weighted by Gasteiger charge is 2.79. The molecule has 6 atom stereocenters. The number of aliphatic hydroxyl groups is 2. The van der Waals surface area contributed by atoms with E-state index in [9.17, 15) is 19.8 Å². The molecule has 31 heavy (non-hydrogen) atoms. The molecular weight excluding hydrogens is 398 g/mol. The highest BCUT2D eigenvalue weighted by Crippen LogP contribution is 2.68. The molecule has 3 aliphatic carbocycles. The summed E-state index contributed by atoms with van der Waals surface area (Å²) >= 11 is 0. The molecule has 6 aliphatic rings. The van der Waals surface area contributed by atoms with Gasteiger partial charge in [-0.05, 0) is 62.6 Å². The monoisotopic (exact) mass is 425 g/mol. The highest BCUT2D eigenvalue weighted by atomic mass is 16.5. The van der Waals surface area contributed by atoms with Crippen molar-refractivity contribution >= 4 is 11.9 Å². The number of nitrogens with zero attached hydrogens (tertiary/aromatic N) is 1. The Labute approximate surface area is 179 Å². The molecule has 1 aromatic carbocycles. The molecule has 0 radical (unpaired) electrons. The summed E-state index contributed by atoms with van der Waals surface area (Å²) in [6, 6.07) is 2.93. The van der Waals surface area contributed by atoms with Crippen LogP contribution < -0.4 is 15.4 Å². The van der Waals surface area contributed by atoms with E-state index in [1.54, 1.807) is 0 Å². The third-order valence-electron chi connectivity index (χ3n) is 9.09. The molecule has 3 amide bonds. The Morgan fingerprint density at radius 1 is 1.23 bits per heavy atom. The minimum Gasteiger partial charge on any atom is -0.486 e. The molecule has 1 aromatic rings. The van der Waals surface area contributed by atoms with E-state index in [0.717, 1.165) is 29.8 Å². The first kappa shape index (κ1) is 18.4. The molecule has 3 aliphatic heterocycles. The summed E-state index contributed by atoms with van der Waals surface area (Å²) in [4.78, 5) is 27.5. The van der Waals surface area contributed by atoms with E-state index >= 15 is 0 Å². The lowest BCUT2D eigenvalue weighted by Crippen LogP contribution is -2.82. The topological polar surface area (TPSA) is 111 Å². The molecule has 0 unspecified atom stereocenters. The fraction of sp³-hybridized carbons (Fsp3) is 0.652. The van der Waals surface area contributed by atoms with E-state index in [1.807, 2.05) is 19.1 Å². The largest absolute Gasteiger partial charge is 0.486 e. The number of hydrogen-bond acceptors (Lipinski definition) is 6. The van der Waals surface area contributed by atoms with Crippen molar-refractivity contribution in [2.45, 2.75) is 73.8 Å². The van der Waals surface area contributed by atoms with Crippen LogP contribution in [0.25, 0.3) is 0 Å². The molecule has 4 fully saturated rings. The second-order valence-corrected chi connectivity index (χ2v) is 10.5. The second-order valence-electron chi connectivity index (χ2n) is 10.5. The Kier molecular flexibility index (Phi) is 3.22. The quantitative estimate of drug-likeness (QED) is 0.518. The van der Waals surface area contributed by atoms with Crippen LogP contribution in [0.1, 0.15) is 54.9 Å². The van der Waals surface area contributed by atoms with Gasteiger partial charge in [-0.1, -0.05) is 12.1 Å². The van der Waals surface area contributed by atoms with E-state index in [-0.39, 0.29) is 12.3 Å². The van der Waals surface area contributed by atoms with E-state index in [1.165, 1.54) is 12.8 Å². The van der Waals surface area contributed by atoms with E-state index in [2.05, 4.69) is 15.5 Å². The number of amides is 3. The maximum atomic E-state index is 13.1. The standard InChI is InChI=1S/C23H27N3O5/c1-11-2-5-13-14-16(11)31-18-21(14)8-9-26(10-12-3-4-12)17(15(13)27)23(21,30)7-6-22(18)19(28)24-20(29)25-22/h2,5,12,15,17-18,27,30H,3-4,6-10H2,1H3,(H2,24,25,28,29)/t15-,17-,18-,21+,22+,23-/m1/s1. The maximum absolute atomic E-state index is 13.1. The second kappa shape index (κ2) is 5.42. The number of hydrogen-bond donors (Lipinski definition) is 4. The van der Waals surface area contributed by atoms with Gasteiger partial charge in [0.25, 0.3) is 5.91 Å². The van der Waals surface area contributed by atoms with Crippen LogP contribution in [0.2, 0.25) is 0 Å². The molecule has 2 spiro atoms. The van der Waals surface area contributed by atoms with E-state index in [4.69, 9.17) is 4.74 Å². The zero-order chi connectivity index (χ0) is 21.3. The number of carbonyl (C=O) groups excluding carboxylic acids is 2. The molecule has 7 rings (SSSR count). The van der Waals surface area contributed by atoms with Gasteiger partial charge in [0.15, 0.2) is 5.54 Å². The molecule has 3 heterocycles. The van der Waals surface area contributed by atoms with Gasteiger partial charge in [0.1, 0.15) is 11.9 Å². The number of rotatable bonds is 2. The fourth-order valence-corrected chi connectivity index (χ4v) is 7.60. The lowest BCUT2D eigenvalue weighted by atomic mass is 9.45. The molecule has 8 heteroatoms. The highest BCUT2D eigenvalue weighted by molar-refractivity contribution is 6.08. The summed E-state index contributed by atoms with van der Waals surface area (Å²) in [5.74, 6) is 0.906. The average molecular weight is 425 g/mol. The van der Waals surface area contributed by atoms with Gasteiger partial charge in [-0.3, -0.25) is 15.0 Å². The lowest BCUT2D eigenvalue weighted by molar-refractivity contribution is -0.225. The van der Waals surface area contributed by atoms with Crippen LogP contribution in [-0.4, -0.2) is 63.4 Å². The van der Waals surface area contributed by atoms with Crippen LogP contribution in [0.15, 0.2) is 12.1 Å². The number of benzene rings is 1. The number of carbonyl (C=O) groups is 2.